The van der Waals surface area contributed by atoms with Crippen molar-refractivity contribution in [1.29, 1.82) is 0 Å². The van der Waals surface area contributed by atoms with Gasteiger partial charge in [-0.05, 0) is 0 Å². The molecule has 2 aromatic rings. The Labute approximate surface area is 138 Å². The molecule has 2 aliphatic heterocycles. The molecule has 2 nitrogen and oxygen atoms in total. The molecule has 3 heteroatoms. The van der Waals surface area contributed by atoms with E-state index in [4.69, 9.17) is 4.99 Å². The zero-order chi connectivity index (χ0) is 15.1. The van der Waals surface area contributed by atoms with Crippen molar-refractivity contribution >= 4 is 29.8 Å². The summed E-state index contributed by atoms with van der Waals surface area (Å²) in [6, 6.07) is 19.9. The van der Waals surface area contributed by atoms with E-state index >= 15 is 0 Å². The fourth-order valence-corrected chi connectivity index (χ4v) is 5.62. The number of hydrogen-bond donors (Lipinski definition) is 0. The molecule has 2 heterocycles. The van der Waals surface area contributed by atoms with Crippen molar-refractivity contribution in [3.63, 3.8) is 0 Å². The molecule has 0 aromatic heterocycles. The fourth-order valence-electron chi connectivity index (χ4n) is 3.37. The molecule has 0 N–H and O–H groups in total. The second kappa shape index (κ2) is 5.57. The molecular weight excluding hydrogens is 335 g/mol. The number of amidine groups is 1. The van der Waals surface area contributed by atoms with Gasteiger partial charge in [-0.1, -0.05) is 0 Å². The van der Waals surface area contributed by atoms with E-state index in [2.05, 4.69) is 73.3 Å². The third kappa shape index (κ3) is 2.29. The second-order valence-electron chi connectivity index (χ2n) is 6.36. The molecule has 4 rings (SSSR count). The summed E-state index contributed by atoms with van der Waals surface area (Å²) in [6.45, 7) is 5.75. The fraction of sp³-hybridized carbons (Fsp3) is 0.316. The summed E-state index contributed by atoms with van der Waals surface area (Å²) >= 11 is 0.353. The monoisotopic (exact) mass is 356 g/mol. The molecule has 2 aromatic carbocycles. The molecule has 112 valence electrons. The van der Waals surface area contributed by atoms with Crippen LogP contribution in [0.1, 0.15) is 25.5 Å². The molecular formula is C19H20N2Se. The molecule has 0 aliphatic carbocycles. The Hall–Kier alpha value is -1.57. The summed E-state index contributed by atoms with van der Waals surface area (Å²) < 4.78 is 2.78. The van der Waals surface area contributed by atoms with Crippen LogP contribution in [0.25, 0.3) is 0 Å². The summed E-state index contributed by atoms with van der Waals surface area (Å²) in [5.74, 6) is 1.18. The van der Waals surface area contributed by atoms with E-state index in [1.165, 1.54) is 20.4 Å². The Bertz CT molecular complexity index is 708. The summed E-state index contributed by atoms with van der Waals surface area (Å²) in [7, 11) is 0. The van der Waals surface area contributed by atoms with Gasteiger partial charge in [0, 0.05) is 0 Å². The van der Waals surface area contributed by atoms with Gasteiger partial charge in [0.1, 0.15) is 0 Å². The second-order valence-corrected chi connectivity index (χ2v) is 8.47. The van der Waals surface area contributed by atoms with E-state index < -0.39 is 0 Å². The molecule has 0 saturated heterocycles. The predicted molar refractivity (Wildman–Crippen MR) is 94.1 cm³/mol. The number of hydrogen-bond acceptors (Lipinski definition) is 2. The first-order valence-electron chi connectivity index (χ1n) is 7.91. The number of nitrogens with zero attached hydrogens (tertiary/aromatic N) is 2. The molecule has 0 bridgehead atoms. The average Bonchev–Trinajstić information content (AvgIpc) is 2.92. The first-order chi connectivity index (χ1) is 10.7. The molecule has 2 aliphatic rings. The van der Waals surface area contributed by atoms with Crippen LogP contribution in [0.2, 0.25) is 0 Å². The minimum absolute atomic E-state index is 0.309. The third-order valence-corrected chi connectivity index (χ3v) is 6.89. The van der Waals surface area contributed by atoms with E-state index in [0.29, 0.717) is 32.8 Å². The van der Waals surface area contributed by atoms with Crippen LogP contribution in [0.4, 0.5) is 5.69 Å². The average molecular weight is 355 g/mol. The van der Waals surface area contributed by atoms with E-state index in [1.807, 2.05) is 0 Å². The first kappa shape index (κ1) is 14.0. The van der Waals surface area contributed by atoms with Crippen LogP contribution in [0.5, 0.6) is 0 Å². The van der Waals surface area contributed by atoms with Gasteiger partial charge >= 0.3 is 138 Å². The summed E-state index contributed by atoms with van der Waals surface area (Å²) in [4.78, 5) is 7.67. The van der Waals surface area contributed by atoms with Gasteiger partial charge in [0.25, 0.3) is 0 Å². The van der Waals surface area contributed by atoms with Crippen LogP contribution in [0.15, 0.2) is 59.6 Å². The van der Waals surface area contributed by atoms with Gasteiger partial charge in [-0.3, -0.25) is 0 Å². The number of benzene rings is 2. The molecule has 0 spiro atoms. The van der Waals surface area contributed by atoms with E-state index in [1.54, 1.807) is 0 Å². The van der Waals surface area contributed by atoms with Crippen LogP contribution in [-0.4, -0.2) is 26.2 Å². The molecule has 0 amide bonds. The SMILES string of the molecule is CC(C)[C@H]1CN2C(=N[C@H]1c1ccccc1)[Se]c1ccccc12. The van der Waals surface area contributed by atoms with Gasteiger partial charge in [0.2, 0.25) is 0 Å². The van der Waals surface area contributed by atoms with Crippen LogP contribution >= 0.6 is 0 Å². The number of para-hydroxylation sites is 1. The number of rotatable bonds is 2. The van der Waals surface area contributed by atoms with Gasteiger partial charge in [-0.25, -0.2) is 0 Å². The molecule has 22 heavy (non-hydrogen) atoms. The summed E-state index contributed by atoms with van der Waals surface area (Å²) in [5.41, 5.74) is 2.75. The zero-order valence-electron chi connectivity index (χ0n) is 12.9. The Morgan fingerprint density at radius 2 is 1.77 bits per heavy atom. The van der Waals surface area contributed by atoms with Crippen molar-refractivity contribution in [3.8, 4) is 0 Å². The van der Waals surface area contributed by atoms with Crippen molar-refractivity contribution in [2.24, 2.45) is 16.8 Å². The van der Waals surface area contributed by atoms with Crippen molar-refractivity contribution in [2.75, 3.05) is 11.4 Å². The van der Waals surface area contributed by atoms with Gasteiger partial charge in [0.05, 0.1) is 0 Å². The van der Waals surface area contributed by atoms with Gasteiger partial charge in [0.15, 0.2) is 0 Å². The zero-order valence-corrected chi connectivity index (χ0v) is 14.7. The van der Waals surface area contributed by atoms with Crippen LogP contribution < -0.4 is 9.36 Å². The van der Waals surface area contributed by atoms with Gasteiger partial charge < -0.3 is 0 Å². The van der Waals surface area contributed by atoms with Crippen molar-refractivity contribution in [1.82, 2.24) is 0 Å². The Morgan fingerprint density at radius 1 is 1.05 bits per heavy atom. The standard InChI is InChI=1S/C19H20N2Se/c1-13(2)15-12-21-16-10-6-7-11-17(16)22-19(21)20-18(15)14-8-4-3-5-9-14/h3-11,13,15,18H,12H2,1-2H3/t15-,18+/m1/s1. The maximum atomic E-state index is 5.20. The number of anilines is 1. The number of aliphatic imine (C=N–C) groups is 1. The van der Waals surface area contributed by atoms with Crippen molar-refractivity contribution < 1.29 is 0 Å². The minimum atomic E-state index is 0.309. The molecule has 0 radical (unpaired) electrons. The summed E-state index contributed by atoms with van der Waals surface area (Å²) in [6.07, 6.45) is 0. The molecule has 0 unspecified atom stereocenters. The van der Waals surface area contributed by atoms with Crippen LogP contribution in [-0.2, 0) is 0 Å². The van der Waals surface area contributed by atoms with Crippen molar-refractivity contribution in [2.45, 2.75) is 19.9 Å². The molecule has 2 atom stereocenters. The summed E-state index contributed by atoms with van der Waals surface area (Å²) in [5, 5.41) is 0. The van der Waals surface area contributed by atoms with E-state index in [9.17, 15) is 0 Å². The van der Waals surface area contributed by atoms with Crippen LogP contribution in [0, 0.1) is 11.8 Å². The quantitative estimate of drug-likeness (QED) is 0.756. The maximum absolute atomic E-state index is 5.20. The van der Waals surface area contributed by atoms with E-state index in [0.717, 1.165) is 6.54 Å². The normalized spacial score (nSPS) is 23.2. The van der Waals surface area contributed by atoms with Crippen LogP contribution in [0.3, 0.4) is 0 Å². The Balaban J connectivity index is 1.77. The Kier molecular flexibility index (Phi) is 3.56. The first-order valence-corrected chi connectivity index (χ1v) is 9.62. The topological polar surface area (TPSA) is 15.6 Å². The van der Waals surface area contributed by atoms with Crippen molar-refractivity contribution in [3.05, 3.63) is 60.2 Å². The van der Waals surface area contributed by atoms with E-state index in [-0.39, 0.29) is 0 Å². The van der Waals surface area contributed by atoms with Gasteiger partial charge in [-0.2, -0.15) is 0 Å². The Morgan fingerprint density at radius 3 is 2.55 bits per heavy atom. The predicted octanol–water partition coefficient (Wildman–Crippen LogP) is 3.22. The number of fused-ring (bicyclic) bond motifs is 3. The molecule has 0 saturated carbocycles. The third-order valence-electron chi connectivity index (χ3n) is 4.63. The van der Waals surface area contributed by atoms with Gasteiger partial charge in [-0.15, -0.1) is 0 Å². The molecule has 0 fully saturated rings.